The summed E-state index contributed by atoms with van der Waals surface area (Å²) < 4.78 is 0. The quantitative estimate of drug-likeness (QED) is 0.862. The Hall–Kier alpha value is -0.610. The first kappa shape index (κ1) is 11.9. The summed E-state index contributed by atoms with van der Waals surface area (Å²) in [4.78, 5) is 8.43. The highest BCUT2D eigenvalue weighted by Gasteiger charge is 2.25. The zero-order valence-electron chi connectivity index (χ0n) is 10.4. The van der Waals surface area contributed by atoms with E-state index in [4.69, 9.17) is 10.7 Å². The number of hydrogen-bond donors (Lipinski definition) is 1. The van der Waals surface area contributed by atoms with Gasteiger partial charge in [-0.05, 0) is 12.8 Å². The van der Waals surface area contributed by atoms with Crippen LogP contribution in [0.2, 0.25) is 0 Å². The van der Waals surface area contributed by atoms with Gasteiger partial charge < -0.3 is 10.6 Å². The van der Waals surface area contributed by atoms with Crippen molar-refractivity contribution in [2.75, 3.05) is 18.0 Å². The molecule has 90 valence electrons. The first-order valence-electron chi connectivity index (χ1n) is 5.97. The Morgan fingerprint density at radius 2 is 1.94 bits per heavy atom. The predicted molar refractivity (Wildman–Crippen MR) is 70.2 cm³/mol. The lowest BCUT2D eigenvalue weighted by Gasteiger charge is -2.17. The van der Waals surface area contributed by atoms with Crippen LogP contribution in [0.5, 0.6) is 0 Å². The fraction of sp³-hybridized carbons (Fsp3) is 0.750. The van der Waals surface area contributed by atoms with Crippen molar-refractivity contribution in [3.8, 4) is 0 Å². The highest BCUT2D eigenvalue weighted by molar-refractivity contribution is 7.15. The maximum Gasteiger partial charge on any atom is 0.185 e. The van der Waals surface area contributed by atoms with Gasteiger partial charge in [0, 0.05) is 29.9 Å². The van der Waals surface area contributed by atoms with Gasteiger partial charge in [-0.3, -0.25) is 0 Å². The van der Waals surface area contributed by atoms with E-state index in [2.05, 4.69) is 25.7 Å². The molecule has 0 bridgehead atoms. The zero-order chi connectivity index (χ0) is 11.8. The van der Waals surface area contributed by atoms with Crippen LogP contribution in [-0.2, 0) is 12.0 Å². The van der Waals surface area contributed by atoms with Crippen molar-refractivity contribution in [3.63, 3.8) is 0 Å². The maximum atomic E-state index is 5.81. The zero-order valence-corrected chi connectivity index (χ0v) is 11.2. The Morgan fingerprint density at radius 1 is 1.31 bits per heavy atom. The highest BCUT2D eigenvalue weighted by atomic mass is 32.1. The van der Waals surface area contributed by atoms with Crippen molar-refractivity contribution in [2.24, 2.45) is 5.73 Å². The summed E-state index contributed by atoms with van der Waals surface area (Å²) in [6.45, 7) is 9.53. The second-order valence-electron chi connectivity index (χ2n) is 5.42. The van der Waals surface area contributed by atoms with Crippen molar-refractivity contribution in [1.82, 2.24) is 4.98 Å². The summed E-state index contributed by atoms with van der Waals surface area (Å²) in [7, 11) is 0. The molecule has 0 radical (unpaired) electrons. The highest BCUT2D eigenvalue weighted by Crippen LogP contribution is 2.34. The van der Waals surface area contributed by atoms with Gasteiger partial charge in [-0.1, -0.05) is 20.8 Å². The molecule has 0 spiro atoms. The van der Waals surface area contributed by atoms with Crippen molar-refractivity contribution in [1.29, 1.82) is 0 Å². The van der Waals surface area contributed by atoms with Gasteiger partial charge in [0.05, 0.1) is 5.69 Å². The minimum Gasteiger partial charge on any atom is -0.348 e. The van der Waals surface area contributed by atoms with Gasteiger partial charge in [0.2, 0.25) is 0 Å². The van der Waals surface area contributed by atoms with Crippen LogP contribution >= 0.6 is 11.3 Å². The summed E-state index contributed by atoms with van der Waals surface area (Å²) in [6.07, 6.45) is 2.59. The molecular formula is C12H21N3S. The first-order valence-corrected chi connectivity index (χ1v) is 6.79. The molecule has 3 nitrogen and oxygen atoms in total. The molecule has 4 heteroatoms. The van der Waals surface area contributed by atoms with Crippen molar-refractivity contribution >= 4 is 16.5 Å². The maximum absolute atomic E-state index is 5.81. The summed E-state index contributed by atoms with van der Waals surface area (Å²) in [5.41, 5.74) is 7.09. The third-order valence-corrected chi connectivity index (χ3v) is 4.10. The van der Waals surface area contributed by atoms with Gasteiger partial charge in [-0.15, -0.1) is 11.3 Å². The van der Waals surface area contributed by atoms with E-state index in [1.165, 1.54) is 28.5 Å². The molecule has 0 aliphatic carbocycles. The molecule has 0 atom stereocenters. The second-order valence-corrected chi connectivity index (χ2v) is 6.48. The van der Waals surface area contributed by atoms with Gasteiger partial charge in [0.15, 0.2) is 5.13 Å². The molecule has 2 N–H and O–H groups in total. The summed E-state index contributed by atoms with van der Waals surface area (Å²) in [5.74, 6) is 0. The van der Waals surface area contributed by atoms with Crippen LogP contribution in [0, 0.1) is 0 Å². The van der Waals surface area contributed by atoms with Gasteiger partial charge in [-0.25, -0.2) is 4.98 Å². The standard InChI is InChI=1S/C12H21N3S/c1-12(2,3)10-9(8-13)16-11(14-10)15-6-4-5-7-15/h4-8,13H2,1-3H3. The molecule has 1 fully saturated rings. The molecule has 0 saturated carbocycles. The van der Waals surface area contributed by atoms with E-state index < -0.39 is 0 Å². The molecule has 1 aromatic rings. The lowest BCUT2D eigenvalue weighted by Crippen LogP contribution is -2.19. The van der Waals surface area contributed by atoms with Crippen LogP contribution in [0.25, 0.3) is 0 Å². The summed E-state index contributed by atoms with van der Waals surface area (Å²) in [5, 5.41) is 1.17. The minimum absolute atomic E-state index is 0.100. The predicted octanol–water partition coefficient (Wildman–Crippen LogP) is 2.50. The van der Waals surface area contributed by atoms with E-state index in [1.54, 1.807) is 11.3 Å². The molecular weight excluding hydrogens is 218 g/mol. The Balaban J connectivity index is 2.31. The average Bonchev–Trinajstić information content (AvgIpc) is 2.85. The monoisotopic (exact) mass is 239 g/mol. The molecule has 0 aromatic carbocycles. The van der Waals surface area contributed by atoms with Gasteiger partial charge in [0.25, 0.3) is 0 Å². The Bertz CT molecular complexity index is 359. The van der Waals surface area contributed by atoms with Gasteiger partial charge in [0.1, 0.15) is 0 Å². The molecule has 16 heavy (non-hydrogen) atoms. The first-order chi connectivity index (χ1) is 7.52. The SMILES string of the molecule is CC(C)(C)c1nc(N2CCCC2)sc1CN. The Kier molecular flexibility index (Phi) is 3.22. The third-order valence-electron chi connectivity index (χ3n) is 2.96. The number of thiazole rings is 1. The number of nitrogens with zero attached hydrogens (tertiary/aromatic N) is 2. The van der Waals surface area contributed by atoms with Crippen LogP contribution in [0.1, 0.15) is 44.2 Å². The van der Waals surface area contributed by atoms with Crippen molar-refractivity contribution < 1.29 is 0 Å². The lowest BCUT2D eigenvalue weighted by molar-refractivity contribution is 0.566. The number of hydrogen-bond acceptors (Lipinski definition) is 4. The third kappa shape index (κ3) is 2.23. The van der Waals surface area contributed by atoms with E-state index in [0.717, 1.165) is 13.1 Å². The average molecular weight is 239 g/mol. The van der Waals surface area contributed by atoms with E-state index in [9.17, 15) is 0 Å². The van der Waals surface area contributed by atoms with Crippen molar-refractivity contribution in [2.45, 2.75) is 45.6 Å². The molecule has 2 heterocycles. The topological polar surface area (TPSA) is 42.2 Å². The normalized spacial score (nSPS) is 17.1. The van der Waals surface area contributed by atoms with E-state index in [1.807, 2.05) is 0 Å². The number of anilines is 1. The van der Waals surface area contributed by atoms with Gasteiger partial charge >= 0.3 is 0 Å². The molecule has 0 unspecified atom stereocenters. The molecule has 1 aliphatic rings. The van der Waals surface area contributed by atoms with Gasteiger partial charge in [-0.2, -0.15) is 0 Å². The van der Waals surface area contributed by atoms with Crippen LogP contribution in [0.15, 0.2) is 0 Å². The van der Waals surface area contributed by atoms with E-state index >= 15 is 0 Å². The molecule has 1 aliphatic heterocycles. The Morgan fingerprint density at radius 3 is 2.38 bits per heavy atom. The fourth-order valence-corrected chi connectivity index (χ4v) is 3.31. The summed E-state index contributed by atoms with van der Waals surface area (Å²) in [6, 6.07) is 0. The van der Waals surface area contributed by atoms with E-state index in [-0.39, 0.29) is 5.41 Å². The fourth-order valence-electron chi connectivity index (χ4n) is 2.11. The number of rotatable bonds is 2. The number of aromatic nitrogens is 1. The smallest absolute Gasteiger partial charge is 0.185 e. The lowest BCUT2D eigenvalue weighted by atomic mass is 9.91. The molecule has 2 rings (SSSR count). The van der Waals surface area contributed by atoms with Crippen LogP contribution < -0.4 is 10.6 Å². The van der Waals surface area contributed by atoms with Crippen LogP contribution in [-0.4, -0.2) is 18.1 Å². The number of nitrogens with two attached hydrogens (primary N) is 1. The van der Waals surface area contributed by atoms with E-state index in [0.29, 0.717) is 6.54 Å². The Labute approximate surface area is 102 Å². The second kappa shape index (κ2) is 4.34. The summed E-state index contributed by atoms with van der Waals surface area (Å²) >= 11 is 1.77. The van der Waals surface area contributed by atoms with Crippen LogP contribution in [0.3, 0.4) is 0 Å². The molecule has 1 aromatic heterocycles. The van der Waals surface area contributed by atoms with Crippen LogP contribution in [0.4, 0.5) is 5.13 Å². The molecule has 1 saturated heterocycles. The largest absolute Gasteiger partial charge is 0.348 e. The minimum atomic E-state index is 0.100. The molecule has 0 amide bonds. The van der Waals surface area contributed by atoms with Crippen molar-refractivity contribution in [3.05, 3.63) is 10.6 Å².